The van der Waals surface area contributed by atoms with Crippen LogP contribution in [0, 0.1) is 0 Å². The van der Waals surface area contributed by atoms with Gasteiger partial charge < -0.3 is 14.7 Å². The summed E-state index contributed by atoms with van der Waals surface area (Å²) in [5, 5.41) is 3.64. The number of fused-ring (bicyclic) bond motifs is 1. The molecule has 5 nitrogen and oxygen atoms in total. The first-order valence-electron chi connectivity index (χ1n) is 6.62. The number of imidazole rings is 1. The molecule has 0 saturated carbocycles. The van der Waals surface area contributed by atoms with Crippen LogP contribution in [0.2, 0.25) is 0 Å². The summed E-state index contributed by atoms with van der Waals surface area (Å²) in [6.07, 6.45) is 1.60. The number of hydrogen-bond donors (Lipinski definition) is 2. The number of carbonyl (C=O) groups excluding carboxylic acids is 1. The van der Waals surface area contributed by atoms with Crippen LogP contribution < -0.4 is 5.32 Å². The molecule has 2 aromatic heterocycles. The number of furan rings is 1. The first kappa shape index (κ1) is 13.8. The van der Waals surface area contributed by atoms with Crippen LogP contribution in [-0.2, 0) is 4.79 Å². The highest BCUT2D eigenvalue weighted by Gasteiger charge is 2.12. The lowest BCUT2D eigenvalue weighted by Gasteiger charge is -2.10. The van der Waals surface area contributed by atoms with Crippen LogP contribution in [0.1, 0.15) is 18.7 Å². The molecule has 6 heteroatoms. The molecule has 0 saturated heterocycles. The molecule has 0 radical (unpaired) electrons. The monoisotopic (exact) mass is 301 g/mol. The minimum absolute atomic E-state index is 0.0515. The highest BCUT2D eigenvalue weighted by atomic mass is 32.2. The van der Waals surface area contributed by atoms with Gasteiger partial charge in [-0.25, -0.2) is 4.98 Å². The molecule has 3 rings (SSSR count). The van der Waals surface area contributed by atoms with Crippen molar-refractivity contribution < 1.29 is 9.21 Å². The molecule has 0 aliphatic heterocycles. The van der Waals surface area contributed by atoms with Crippen LogP contribution >= 0.6 is 11.8 Å². The van der Waals surface area contributed by atoms with Gasteiger partial charge in [0.1, 0.15) is 5.76 Å². The van der Waals surface area contributed by atoms with Crippen molar-refractivity contribution in [2.24, 2.45) is 0 Å². The molecule has 0 aliphatic carbocycles. The maximum Gasteiger partial charge on any atom is 0.231 e. The number of carbonyl (C=O) groups is 1. The molecule has 1 atom stereocenters. The molecule has 2 N–H and O–H groups in total. The van der Waals surface area contributed by atoms with E-state index in [2.05, 4.69) is 15.3 Å². The Morgan fingerprint density at radius 1 is 1.38 bits per heavy atom. The van der Waals surface area contributed by atoms with Crippen molar-refractivity contribution in [3.8, 4) is 0 Å². The third-order valence-corrected chi connectivity index (χ3v) is 3.93. The van der Waals surface area contributed by atoms with Gasteiger partial charge in [0.25, 0.3) is 0 Å². The van der Waals surface area contributed by atoms with E-state index >= 15 is 0 Å². The zero-order valence-corrected chi connectivity index (χ0v) is 12.3. The molecule has 0 bridgehead atoms. The minimum atomic E-state index is -0.135. The van der Waals surface area contributed by atoms with Crippen molar-refractivity contribution in [2.75, 3.05) is 5.75 Å². The summed E-state index contributed by atoms with van der Waals surface area (Å²) in [6, 6.07) is 11.3. The normalized spacial score (nSPS) is 12.4. The number of aromatic amines is 1. The second-order valence-electron chi connectivity index (χ2n) is 4.65. The SMILES string of the molecule is CC(NC(=O)CSc1nc2ccccc2[nH]1)c1ccco1. The van der Waals surface area contributed by atoms with Gasteiger partial charge in [0.15, 0.2) is 5.16 Å². The summed E-state index contributed by atoms with van der Waals surface area (Å²) in [7, 11) is 0. The van der Waals surface area contributed by atoms with Crippen LogP contribution in [0.25, 0.3) is 11.0 Å². The zero-order valence-electron chi connectivity index (χ0n) is 11.5. The Morgan fingerprint density at radius 3 is 3.00 bits per heavy atom. The molecular formula is C15H15N3O2S. The average molecular weight is 301 g/mol. The summed E-state index contributed by atoms with van der Waals surface area (Å²) in [4.78, 5) is 19.5. The Bertz CT molecular complexity index is 703. The van der Waals surface area contributed by atoms with Crippen LogP contribution in [0.5, 0.6) is 0 Å². The highest BCUT2D eigenvalue weighted by molar-refractivity contribution is 7.99. The van der Waals surface area contributed by atoms with E-state index in [1.54, 1.807) is 12.3 Å². The van der Waals surface area contributed by atoms with Gasteiger partial charge >= 0.3 is 0 Å². The van der Waals surface area contributed by atoms with Gasteiger partial charge in [-0.3, -0.25) is 4.79 Å². The predicted octanol–water partition coefficient (Wildman–Crippen LogP) is 3.13. The van der Waals surface area contributed by atoms with E-state index < -0.39 is 0 Å². The summed E-state index contributed by atoms with van der Waals surface area (Å²) < 4.78 is 5.26. The van der Waals surface area contributed by atoms with Crippen LogP contribution in [-0.4, -0.2) is 21.6 Å². The molecule has 0 aliphatic rings. The number of benzene rings is 1. The van der Waals surface area contributed by atoms with E-state index in [4.69, 9.17) is 4.42 Å². The van der Waals surface area contributed by atoms with Gasteiger partial charge in [0.05, 0.1) is 29.1 Å². The lowest BCUT2D eigenvalue weighted by molar-refractivity contribution is -0.119. The van der Waals surface area contributed by atoms with Crippen molar-refractivity contribution in [1.82, 2.24) is 15.3 Å². The first-order chi connectivity index (χ1) is 10.2. The smallest absolute Gasteiger partial charge is 0.231 e. The van der Waals surface area contributed by atoms with Gasteiger partial charge in [-0.2, -0.15) is 0 Å². The fourth-order valence-electron chi connectivity index (χ4n) is 2.02. The first-order valence-corrected chi connectivity index (χ1v) is 7.61. The predicted molar refractivity (Wildman–Crippen MR) is 82.1 cm³/mol. The Morgan fingerprint density at radius 2 is 2.24 bits per heavy atom. The molecule has 2 heterocycles. The quantitative estimate of drug-likeness (QED) is 0.710. The number of hydrogen-bond acceptors (Lipinski definition) is 4. The number of rotatable bonds is 5. The summed E-state index contributed by atoms with van der Waals surface area (Å²) >= 11 is 1.38. The fraction of sp³-hybridized carbons (Fsp3) is 0.200. The van der Waals surface area contributed by atoms with E-state index in [9.17, 15) is 4.79 Å². The van der Waals surface area contributed by atoms with E-state index in [-0.39, 0.29) is 11.9 Å². The second kappa shape index (κ2) is 6.05. The molecular weight excluding hydrogens is 286 g/mol. The van der Waals surface area contributed by atoms with Crippen molar-refractivity contribution in [3.63, 3.8) is 0 Å². The molecule has 1 unspecified atom stereocenters. The third-order valence-electron chi connectivity index (χ3n) is 3.06. The molecule has 1 aromatic carbocycles. The Kier molecular flexibility index (Phi) is 3.96. The Balaban J connectivity index is 1.56. The fourth-order valence-corrected chi connectivity index (χ4v) is 2.72. The van der Waals surface area contributed by atoms with E-state index in [1.165, 1.54) is 11.8 Å². The van der Waals surface area contributed by atoms with E-state index in [0.29, 0.717) is 5.75 Å². The summed E-state index contributed by atoms with van der Waals surface area (Å²) in [5.74, 6) is 1.01. The lowest BCUT2D eigenvalue weighted by atomic mass is 10.2. The number of amides is 1. The average Bonchev–Trinajstić information content (AvgIpc) is 3.14. The summed E-state index contributed by atoms with van der Waals surface area (Å²) in [5.41, 5.74) is 1.88. The van der Waals surface area contributed by atoms with Gasteiger partial charge in [-0.15, -0.1) is 0 Å². The van der Waals surface area contributed by atoms with Gasteiger partial charge in [0.2, 0.25) is 5.91 Å². The molecule has 108 valence electrons. The van der Waals surface area contributed by atoms with Gasteiger partial charge in [-0.05, 0) is 31.2 Å². The molecule has 21 heavy (non-hydrogen) atoms. The maximum atomic E-state index is 11.9. The summed E-state index contributed by atoms with van der Waals surface area (Å²) in [6.45, 7) is 1.89. The molecule has 0 spiro atoms. The Hall–Kier alpha value is -2.21. The number of thioether (sulfide) groups is 1. The standard InChI is InChI=1S/C15H15N3O2S/c1-10(13-7-4-8-20-13)16-14(19)9-21-15-17-11-5-2-3-6-12(11)18-15/h2-8,10H,9H2,1H3,(H,16,19)(H,17,18). The third kappa shape index (κ3) is 3.28. The van der Waals surface area contributed by atoms with Crippen molar-refractivity contribution >= 4 is 28.7 Å². The van der Waals surface area contributed by atoms with Crippen molar-refractivity contribution in [2.45, 2.75) is 18.1 Å². The molecule has 3 aromatic rings. The number of para-hydroxylation sites is 2. The Labute approximate surface area is 126 Å². The maximum absolute atomic E-state index is 11.9. The number of H-pyrrole nitrogens is 1. The minimum Gasteiger partial charge on any atom is -0.467 e. The van der Waals surface area contributed by atoms with Gasteiger partial charge in [0, 0.05) is 0 Å². The van der Waals surface area contributed by atoms with Crippen LogP contribution in [0.4, 0.5) is 0 Å². The zero-order chi connectivity index (χ0) is 14.7. The molecule has 0 fully saturated rings. The van der Waals surface area contributed by atoms with Crippen LogP contribution in [0.15, 0.2) is 52.2 Å². The van der Waals surface area contributed by atoms with E-state index in [1.807, 2.05) is 37.3 Å². The number of nitrogens with one attached hydrogen (secondary N) is 2. The van der Waals surface area contributed by atoms with Crippen molar-refractivity contribution in [3.05, 3.63) is 48.4 Å². The number of aromatic nitrogens is 2. The van der Waals surface area contributed by atoms with E-state index in [0.717, 1.165) is 22.0 Å². The topological polar surface area (TPSA) is 70.9 Å². The second-order valence-corrected chi connectivity index (χ2v) is 5.62. The van der Waals surface area contributed by atoms with Crippen molar-refractivity contribution in [1.29, 1.82) is 0 Å². The van der Waals surface area contributed by atoms with Crippen LogP contribution in [0.3, 0.4) is 0 Å². The highest BCUT2D eigenvalue weighted by Crippen LogP contribution is 2.19. The number of nitrogens with zero attached hydrogens (tertiary/aromatic N) is 1. The van der Waals surface area contributed by atoms with Gasteiger partial charge in [-0.1, -0.05) is 23.9 Å². The lowest BCUT2D eigenvalue weighted by Crippen LogP contribution is -2.27. The molecule has 1 amide bonds. The largest absolute Gasteiger partial charge is 0.467 e.